The molecule has 10 heteroatoms. The summed E-state index contributed by atoms with van der Waals surface area (Å²) >= 11 is 9.85. The van der Waals surface area contributed by atoms with Gasteiger partial charge in [-0.15, -0.1) is 0 Å². The summed E-state index contributed by atoms with van der Waals surface area (Å²) in [6.45, 7) is 1.44. The molecule has 2 amide bonds. The Morgan fingerprint density at radius 1 is 0.872 bits per heavy atom. The van der Waals surface area contributed by atoms with E-state index in [1.807, 2.05) is 61.5 Å². The minimum Gasteiger partial charge on any atom is -0.352 e. The molecule has 246 valence electrons. The maximum Gasteiger partial charge on any atom is 0.264 e. The van der Waals surface area contributed by atoms with Crippen molar-refractivity contribution < 1.29 is 18.0 Å². The molecule has 0 aliphatic heterocycles. The number of carbonyl (C=O) groups is 2. The summed E-state index contributed by atoms with van der Waals surface area (Å²) in [5, 5.41) is 3.57. The normalized spacial score (nSPS) is 14.3. The quantitative estimate of drug-likeness (QED) is 0.162. The number of benzene rings is 4. The van der Waals surface area contributed by atoms with Crippen molar-refractivity contribution in [1.82, 2.24) is 10.2 Å². The minimum atomic E-state index is -4.20. The topological polar surface area (TPSA) is 86.8 Å². The summed E-state index contributed by atoms with van der Waals surface area (Å²) in [6, 6.07) is 29.2. The number of nitrogens with one attached hydrogen (secondary N) is 1. The molecular weight excluding hydrogens is 698 g/mol. The maximum absolute atomic E-state index is 14.7. The number of aryl methyl sites for hydroxylation is 1. The first kappa shape index (κ1) is 34.7. The number of sulfonamides is 1. The van der Waals surface area contributed by atoms with E-state index in [4.69, 9.17) is 11.6 Å². The fourth-order valence-corrected chi connectivity index (χ4v) is 7.96. The van der Waals surface area contributed by atoms with Crippen LogP contribution in [-0.2, 0) is 32.6 Å². The standard InChI is InChI=1S/C37H39BrClN3O4S/c1-27-18-20-34(21-19-27)47(45,46)42(33-17-9-14-31(39)24-33)26-36(43)41(25-29-12-8-13-30(38)22-29)35(23-28-10-4-2-5-11-28)37(44)40-32-15-6-3-7-16-32/h2,4-5,8-14,17-22,24,32,35H,3,6-7,15-16,23,25-26H2,1H3,(H,40,44). The number of nitrogens with zero attached hydrogens (tertiary/aromatic N) is 2. The van der Waals surface area contributed by atoms with Gasteiger partial charge in [0.05, 0.1) is 10.6 Å². The second kappa shape index (κ2) is 16.0. The number of anilines is 1. The lowest BCUT2D eigenvalue weighted by molar-refractivity contribution is -0.140. The van der Waals surface area contributed by atoms with Crippen LogP contribution in [-0.4, -0.2) is 43.8 Å². The fraction of sp³-hybridized carbons (Fsp3) is 0.297. The third kappa shape index (κ3) is 9.24. The highest BCUT2D eigenvalue weighted by atomic mass is 79.9. The molecule has 0 heterocycles. The smallest absolute Gasteiger partial charge is 0.264 e. The predicted octanol–water partition coefficient (Wildman–Crippen LogP) is 7.70. The van der Waals surface area contributed by atoms with Crippen molar-refractivity contribution >= 4 is 55.1 Å². The Morgan fingerprint density at radius 3 is 2.23 bits per heavy atom. The molecule has 1 atom stereocenters. The van der Waals surface area contributed by atoms with Gasteiger partial charge < -0.3 is 10.2 Å². The molecule has 1 aliphatic carbocycles. The molecule has 1 aliphatic rings. The van der Waals surface area contributed by atoms with Crippen LogP contribution in [0.4, 0.5) is 5.69 Å². The van der Waals surface area contributed by atoms with Gasteiger partial charge in [-0.1, -0.05) is 113 Å². The maximum atomic E-state index is 14.7. The van der Waals surface area contributed by atoms with E-state index in [0.717, 1.165) is 57.6 Å². The zero-order valence-electron chi connectivity index (χ0n) is 26.3. The van der Waals surface area contributed by atoms with Crippen molar-refractivity contribution in [3.8, 4) is 0 Å². The number of hydrogen-bond donors (Lipinski definition) is 1. The largest absolute Gasteiger partial charge is 0.352 e. The summed E-state index contributed by atoms with van der Waals surface area (Å²) in [7, 11) is -4.20. The van der Waals surface area contributed by atoms with E-state index >= 15 is 0 Å². The van der Waals surface area contributed by atoms with Crippen molar-refractivity contribution in [2.45, 2.75) is 69.0 Å². The number of hydrogen-bond acceptors (Lipinski definition) is 4. The van der Waals surface area contributed by atoms with Crippen molar-refractivity contribution in [3.63, 3.8) is 0 Å². The van der Waals surface area contributed by atoms with Crippen LogP contribution >= 0.6 is 27.5 Å². The van der Waals surface area contributed by atoms with E-state index < -0.39 is 28.5 Å². The monoisotopic (exact) mass is 735 g/mol. The lowest BCUT2D eigenvalue weighted by atomic mass is 9.94. The van der Waals surface area contributed by atoms with Crippen LogP contribution in [0.15, 0.2) is 112 Å². The Kier molecular flexibility index (Phi) is 11.8. The van der Waals surface area contributed by atoms with Crippen LogP contribution in [0.3, 0.4) is 0 Å². The number of halogens is 2. The first-order valence-corrected chi connectivity index (χ1v) is 18.4. The molecule has 0 bridgehead atoms. The molecule has 0 aromatic heterocycles. The van der Waals surface area contributed by atoms with Gasteiger partial charge in [-0.05, 0) is 73.4 Å². The highest BCUT2D eigenvalue weighted by molar-refractivity contribution is 9.10. The van der Waals surface area contributed by atoms with Crippen molar-refractivity contribution in [2.24, 2.45) is 0 Å². The molecular formula is C37H39BrClN3O4S. The van der Waals surface area contributed by atoms with E-state index in [2.05, 4.69) is 21.2 Å². The first-order chi connectivity index (χ1) is 22.6. The van der Waals surface area contributed by atoms with E-state index in [1.54, 1.807) is 30.3 Å². The third-order valence-corrected chi connectivity index (χ3v) is 11.0. The molecule has 4 aromatic carbocycles. The Balaban J connectivity index is 1.56. The number of amides is 2. The molecule has 0 spiro atoms. The zero-order chi connectivity index (χ0) is 33.4. The Bertz CT molecular complexity index is 1780. The minimum absolute atomic E-state index is 0.0298. The van der Waals surface area contributed by atoms with Crippen molar-refractivity contribution in [2.75, 3.05) is 10.8 Å². The fourth-order valence-electron chi connectivity index (χ4n) is 5.93. The van der Waals surface area contributed by atoms with Gasteiger partial charge in [0.1, 0.15) is 12.6 Å². The molecule has 0 radical (unpaired) electrons. The predicted molar refractivity (Wildman–Crippen MR) is 191 cm³/mol. The van der Waals surface area contributed by atoms with Crippen molar-refractivity contribution in [1.29, 1.82) is 0 Å². The highest BCUT2D eigenvalue weighted by Gasteiger charge is 2.35. The van der Waals surface area contributed by atoms with Gasteiger partial charge >= 0.3 is 0 Å². The average molecular weight is 737 g/mol. The second-order valence-corrected chi connectivity index (χ2v) is 15.2. The SMILES string of the molecule is Cc1ccc(S(=O)(=O)N(CC(=O)N(Cc2cccc(Br)c2)C(Cc2ccccc2)C(=O)NC2CCCCC2)c2cccc(Cl)c2)cc1. The molecule has 4 aromatic rings. The van der Waals surface area contributed by atoms with Gasteiger partial charge in [0.25, 0.3) is 10.0 Å². The summed E-state index contributed by atoms with van der Waals surface area (Å²) in [4.78, 5) is 30.4. The van der Waals surface area contributed by atoms with Gasteiger partial charge in [0.15, 0.2) is 0 Å². The molecule has 1 fully saturated rings. The van der Waals surface area contributed by atoms with Gasteiger partial charge in [-0.25, -0.2) is 8.42 Å². The molecule has 1 saturated carbocycles. The molecule has 1 N–H and O–H groups in total. The first-order valence-electron chi connectivity index (χ1n) is 15.8. The average Bonchev–Trinajstić information content (AvgIpc) is 3.06. The van der Waals surface area contributed by atoms with Crippen LogP contribution in [0, 0.1) is 6.92 Å². The van der Waals surface area contributed by atoms with Crippen LogP contribution in [0.1, 0.15) is 48.8 Å². The summed E-state index contributed by atoms with van der Waals surface area (Å²) in [6.07, 6.45) is 5.27. The molecule has 47 heavy (non-hydrogen) atoms. The summed E-state index contributed by atoms with van der Waals surface area (Å²) in [5.74, 6) is -0.764. The van der Waals surface area contributed by atoms with E-state index in [0.29, 0.717) is 5.02 Å². The van der Waals surface area contributed by atoms with Gasteiger partial charge in [0.2, 0.25) is 11.8 Å². The van der Waals surface area contributed by atoms with Gasteiger partial charge in [-0.2, -0.15) is 0 Å². The van der Waals surface area contributed by atoms with Crippen LogP contribution in [0.5, 0.6) is 0 Å². The Labute approximate surface area is 291 Å². The third-order valence-electron chi connectivity index (χ3n) is 8.45. The van der Waals surface area contributed by atoms with Gasteiger partial charge in [-0.3, -0.25) is 13.9 Å². The van der Waals surface area contributed by atoms with E-state index in [1.165, 1.54) is 23.1 Å². The highest BCUT2D eigenvalue weighted by Crippen LogP contribution is 2.28. The number of rotatable bonds is 12. The lowest BCUT2D eigenvalue weighted by Gasteiger charge is -2.35. The molecule has 5 rings (SSSR count). The van der Waals surface area contributed by atoms with Crippen LogP contribution in [0.25, 0.3) is 0 Å². The summed E-state index contributed by atoms with van der Waals surface area (Å²) < 4.78 is 30.3. The lowest BCUT2D eigenvalue weighted by Crippen LogP contribution is -2.55. The number of carbonyl (C=O) groups excluding carboxylic acids is 2. The molecule has 7 nitrogen and oxygen atoms in total. The van der Waals surface area contributed by atoms with Crippen molar-refractivity contribution in [3.05, 3.63) is 129 Å². The zero-order valence-corrected chi connectivity index (χ0v) is 29.5. The van der Waals surface area contributed by atoms with Crippen LogP contribution in [0.2, 0.25) is 5.02 Å². The molecule has 0 saturated heterocycles. The van der Waals surface area contributed by atoms with E-state index in [-0.39, 0.29) is 35.5 Å². The Hall–Kier alpha value is -3.66. The van der Waals surface area contributed by atoms with Crippen LogP contribution < -0.4 is 9.62 Å². The van der Waals surface area contributed by atoms with E-state index in [9.17, 15) is 18.0 Å². The second-order valence-electron chi connectivity index (χ2n) is 12.0. The van der Waals surface area contributed by atoms with Gasteiger partial charge in [0, 0.05) is 28.5 Å². The molecule has 1 unspecified atom stereocenters. The summed E-state index contributed by atoms with van der Waals surface area (Å²) in [5.41, 5.74) is 2.84. The Morgan fingerprint density at radius 2 is 1.55 bits per heavy atom.